The zero-order chi connectivity index (χ0) is 14.4. The summed E-state index contributed by atoms with van der Waals surface area (Å²) in [6.45, 7) is 1.72. The summed E-state index contributed by atoms with van der Waals surface area (Å²) in [4.78, 5) is 11.5. The highest BCUT2D eigenvalue weighted by molar-refractivity contribution is 9.10. The number of para-hydroxylation sites is 1. The molecule has 0 radical (unpaired) electrons. The number of carbonyl (C=O) groups excluding carboxylic acids is 1. The number of aryl methyl sites for hydroxylation is 1. The van der Waals surface area contributed by atoms with Gasteiger partial charge in [0.25, 0.3) is 5.91 Å². The van der Waals surface area contributed by atoms with Crippen molar-refractivity contribution in [2.45, 2.75) is 6.92 Å². The normalized spacial score (nSPS) is 10.7. The Labute approximate surface area is 124 Å². The number of carbonyl (C=O) groups is 1. The van der Waals surface area contributed by atoms with Crippen LogP contribution in [0.1, 0.15) is 11.5 Å². The van der Waals surface area contributed by atoms with Crippen LogP contribution in [0.2, 0.25) is 0 Å². The Morgan fingerprint density at radius 2 is 2.20 bits per heavy atom. The number of benzene rings is 1. The van der Waals surface area contributed by atoms with Gasteiger partial charge in [0.05, 0.1) is 10.7 Å². The second-order valence-corrected chi connectivity index (χ2v) is 4.82. The molecule has 2 aromatic rings. The molecule has 0 aliphatic carbocycles. The van der Waals surface area contributed by atoms with E-state index in [1.807, 2.05) is 31.2 Å². The lowest BCUT2D eigenvalue weighted by atomic mass is 10.3. The van der Waals surface area contributed by atoms with Crippen LogP contribution in [-0.4, -0.2) is 18.7 Å². The van der Waals surface area contributed by atoms with E-state index in [1.54, 1.807) is 12.1 Å². The van der Waals surface area contributed by atoms with Crippen LogP contribution in [-0.2, 0) is 4.79 Å². The molecule has 0 fully saturated rings. The van der Waals surface area contributed by atoms with Gasteiger partial charge in [0, 0.05) is 0 Å². The van der Waals surface area contributed by atoms with Crippen LogP contribution in [0.25, 0.3) is 0 Å². The van der Waals surface area contributed by atoms with Gasteiger partial charge in [-0.15, -0.1) is 0 Å². The number of hydrogen-bond acceptors (Lipinski definition) is 4. The molecule has 0 atom stereocenters. The monoisotopic (exact) mass is 336 g/mol. The van der Waals surface area contributed by atoms with Gasteiger partial charge >= 0.3 is 0 Å². The highest BCUT2D eigenvalue weighted by atomic mass is 79.9. The van der Waals surface area contributed by atoms with Crippen LogP contribution in [0, 0.1) is 6.92 Å². The van der Waals surface area contributed by atoms with E-state index in [0.29, 0.717) is 11.5 Å². The quantitative estimate of drug-likeness (QED) is 0.674. The van der Waals surface area contributed by atoms with Crippen molar-refractivity contribution < 1.29 is 13.9 Å². The van der Waals surface area contributed by atoms with Crippen molar-refractivity contribution in [2.75, 3.05) is 6.61 Å². The first kappa shape index (κ1) is 14.3. The van der Waals surface area contributed by atoms with E-state index in [2.05, 4.69) is 26.5 Å². The summed E-state index contributed by atoms with van der Waals surface area (Å²) >= 11 is 3.33. The summed E-state index contributed by atoms with van der Waals surface area (Å²) < 4.78 is 11.4. The van der Waals surface area contributed by atoms with Crippen LogP contribution in [0.15, 0.2) is 50.4 Å². The summed E-state index contributed by atoms with van der Waals surface area (Å²) in [6.07, 6.45) is 1.43. The number of nitrogens with zero attached hydrogens (tertiary/aromatic N) is 1. The minimum absolute atomic E-state index is 0.114. The van der Waals surface area contributed by atoms with Crippen molar-refractivity contribution in [1.29, 1.82) is 0 Å². The third-order valence-electron chi connectivity index (χ3n) is 2.34. The van der Waals surface area contributed by atoms with Crippen LogP contribution in [0.5, 0.6) is 5.75 Å². The van der Waals surface area contributed by atoms with Gasteiger partial charge in [-0.1, -0.05) is 12.1 Å². The molecule has 0 bridgehead atoms. The Kier molecular flexibility index (Phi) is 4.95. The van der Waals surface area contributed by atoms with Crippen LogP contribution >= 0.6 is 15.9 Å². The molecule has 1 amide bonds. The number of furan rings is 1. The van der Waals surface area contributed by atoms with E-state index in [-0.39, 0.29) is 12.5 Å². The van der Waals surface area contributed by atoms with Crippen molar-refractivity contribution in [1.82, 2.24) is 5.43 Å². The van der Waals surface area contributed by atoms with Gasteiger partial charge in [-0.25, -0.2) is 5.43 Å². The second-order valence-electron chi connectivity index (χ2n) is 3.96. The number of amides is 1. The molecule has 0 saturated carbocycles. The van der Waals surface area contributed by atoms with Gasteiger partial charge in [0.15, 0.2) is 6.61 Å². The number of rotatable bonds is 5. The van der Waals surface area contributed by atoms with Crippen LogP contribution < -0.4 is 10.2 Å². The fraction of sp³-hybridized carbons (Fsp3) is 0.143. The van der Waals surface area contributed by atoms with Crippen molar-refractivity contribution in [3.05, 3.63) is 52.4 Å². The molecule has 1 N–H and O–H groups in total. The van der Waals surface area contributed by atoms with Gasteiger partial charge in [-0.2, -0.15) is 5.10 Å². The average Bonchev–Trinajstić information content (AvgIpc) is 2.83. The van der Waals surface area contributed by atoms with Gasteiger partial charge in [-0.05, 0) is 47.1 Å². The van der Waals surface area contributed by atoms with Crippen molar-refractivity contribution in [2.24, 2.45) is 5.10 Å². The first-order valence-corrected chi connectivity index (χ1v) is 6.70. The summed E-state index contributed by atoms with van der Waals surface area (Å²) in [5.74, 6) is 1.62. The first-order valence-electron chi connectivity index (χ1n) is 5.91. The van der Waals surface area contributed by atoms with Crippen molar-refractivity contribution in [3.63, 3.8) is 0 Å². The zero-order valence-corrected chi connectivity index (χ0v) is 12.4. The van der Waals surface area contributed by atoms with E-state index in [4.69, 9.17) is 9.15 Å². The maximum Gasteiger partial charge on any atom is 0.277 e. The number of hydrogen-bond donors (Lipinski definition) is 1. The smallest absolute Gasteiger partial charge is 0.277 e. The van der Waals surface area contributed by atoms with E-state index in [9.17, 15) is 4.79 Å². The van der Waals surface area contributed by atoms with Crippen LogP contribution in [0.3, 0.4) is 0 Å². The van der Waals surface area contributed by atoms with Gasteiger partial charge < -0.3 is 9.15 Å². The van der Waals surface area contributed by atoms with E-state index < -0.39 is 0 Å². The predicted molar refractivity (Wildman–Crippen MR) is 78.8 cm³/mol. The van der Waals surface area contributed by atoms with Gasteiger partial charge in [0.2, 0.25) is 0 Å². The molecule has 20 heavy (non-hydrogen) atoms. The summed E-state index contributed by atoms with van der Waals surface area (Å²) in [6, 6.07) is 10.9. The largest absolute Gasteiger partial charge is 0.483 e. The Bertz CT molecular complexity index is 622. The Hall–Kier alpha value is -2.08. The second kappa shape index (κ2) is 6.91. The van der Waals surface area contributed by atoms with Crippen LogP contribution in [0.4, 0.5) is 0 Å². The molecule has 1 aromatic heterocycles. The molecule has 1 aromatic carbocycles. The molecule has 0 unspecified atom stereocenters. The molecule has 0 aliphatic rings. The fourth-order valence-corrected chi connectivity index (χ4v) is 1.83. The lowest BCUT2D eigenvalue weighted by molar-refractivity contribution is -0.123. The van der Waals surface area contributed by atoms with Gasteiger partial charge in [0.1, 0.15) is 17.3 Å². The number of nitrogens with one attached hydrogen (secondary N) is 1. The van der Waals surface area contributed by atoms with E-state index in [0.717, 1.165) is 10.2 Å². The molecular formula is C14H13BrN2O3. The van der Waals surface area contributed by atoms with Crippen molar-refractivity contribution >= 4 is 28.1 Å². The highest BCUT2D eigenvalue weighted by Gasteiger charge is 2.04. The topological polar surface area (TPSA) is 63.8 Å². The molecule has 104 valence electrons. The third-order valence-corrected chi connectivity index (χ3v) is 2.99. The standard InChI is InChI=1S/C14H13BrN2O3/c1-10-6-7-11(20-10)8-16-17-14(18)9-19-13-5-3-2-4-12(13)15/h2-8H,9H2,1H3,(H,17,18)/b16-8+. The molecule has 0 aliphatic heterocycles. The molecule has 2 rings (SSSR count). The number of ether oxygens (including phenoxy) is 1. The molecule has 5 nitrogen and oxygen atoms in total. The molecular weight excluding hydrogens is 324 g/mol. The zero-order valence-electron chi connectivity index (χ0n) is 10.8. The first-order chi connectivity index (χ1) is 9.65. The molecule has 0 spiro atoms. The minimum atomic E-state index is -0.347. The number of hydrazone groups is 1. The molecule has 1 heterocycles. The lowest BCUT2D eigenvalue weighted by Crippen LogP contribution is -2.24. The Balaban J connectivity index is 1.78. The maximum absolute atomic E-state index is 11.5. The SMILES string of the molecule is Cc1ccc(/C=N/NC(=O)COc2ccccc2Br)o1. The minimum Gasteiger partial charge on any atom is -0.483 e. The van der Waals surface area contributed by atoms with Crippen molar-refractivity contribution in [3.8, 4) is 5.75 Å². The highest BCUT2D eigenvalue weighted by Crippen LogP contribution is 2.23. The summed E-state index contributed by atoms with van der Waals surface area (Å²) in [7, 11) is 0. The summed E-state index contributed by atoms with van der Waals surface area (Å²) in [5.41, 5.74) is 2.36. The molecule has 0 saturated heterocycles. The lowest BCUT2D eigenvalue weighted by Gasteiger charge is -2.06. The predicted octanol–water partition coefficient (Wildman–Crippen LogP) is 2.88. The Morgan fingerprint density at radius 1 is 1.40 bits per heavy atom. The third kappa shape index (κ3) is 4.24. The fourth-order valence-electron chi connectivity index (χ4n) is 1.43. The Morgan fingerprint density at radius 3 is 2.90 bits per heavy atom. The average molecular weight is 337 g/mol. The van der Waals surface area contributed by atoms with E-state index in [1.165, 1.54) is 6.21 Å². The maximum atomic E-state index is 11.5. The number of halogens is 1. The summed E-state index contributed by atoms with van der Waals surface area (Å²) in [5, 5.41) is 3.78. The molecule has 6 heteroatoms. The van der Waals surface area contributed by atoms with E-state index >= 15 is 0 Å². The van der Waals surface area contributed by atoms with Gasteiger partial charge in [-0.3, -0.25) is 4.79 Å².